The number of carbonyl (C=O) groups is 1. The first-order valence-corrected chi connectivity index (χ1v) is 6.97. The second kappa shape index (κ2) is 5.01. The van der Waals surface area contributed by atoms with Crippen molar-refractivity contribution in [3.8, 4) is 0 Å². The first-order valence-electron chi connectivity index (χ1n) is 6.97. The molecule has 2 aromatic rings. The number of hydrogen-bond acceptors (Lipinski definition) is 2. The molecule has 0 fully saturated rings. The van der Waals surface area contributed by atoms with Crippen LogP contribution in [0.15, 0.2) is 18.2 Å². The molecule has 1 heterocycles. The Hall–Kier alpha value is -2.02. The predicted molar refractivity (Wildman–Crippen MR) is 74.5 cm³/mol. The zero-order valence-corrected chi connectivity index (χ0v) is 11.7. The summed E-state index contributed by atoms with van der Waals surface area (Å²) in [6.07, 6.45) is -2.80. The van der Waals surface area contributed by atoms with Gasteiger partial charge in [0.2, 0.25) is 0 Å². The average Bonchev–Trinajstić information content (AvgIpc) is 2.79. The molecular formula is C15H15F3N2O2. The zero-order chi connectivity index (χ0) is 16.1. The highest BCUT2D eigenvalue weighted by Gasteiger charge is 2.33. The molecule has 7 heteroatoms. The lowest BCUT2D eigenvalue weighted by Gasteiger charge is -2.21. The van der Waals surface area contributed by atoms with Gasteiger partial charge in [0.15, 0.2) is 0 Å². The standard InChI is InChI=1S/C15H15F3N2O2/c16-15(17,18)9-2-4-13-11(6-9)10-5-8(7-21)1-3-12(10)20(13)14(19)22/h2,4,6,8,21H,1,3,5,7H2,(H2,19,22). The third-order valence-electron chi connectivity index (χ3n) is 4.27. The fourth-order valence-electron chi connectivity index (χ4n) is 3.21. The topological polar surface area (TPSA) is 68.2 Å². The van der Waals surface area contributed by atoms with Gasteiger partial charge in [-0.05, 0) is 48.9 Å². The first-order chi connectivity index (χ1) is 10.3. The van der Waals surface area contributed by atoms with Gasteiger partial charge in [-0.2, -0.15) is 13.2 Å². The second-order valence-corrected chi connectivity index (χ2v) is 5.62. The summed E-state index contributed by atoms with van der Waals surface area (Å²) in [5.74, 6) is -0.00558. The number of halogens is 3. The number of nitrogens with zero attached hydrogens (tertiary/aromatic N) is 1. The number of alkyl halides is 3. The Morgan fingerprint density at radius 3 is 2.73 bits per heavy atom. The quantitative estimate of drug-likeness (QED) is 0.850. The van der Waals surface area contributed by atoms with Gasteiger partial charge in [0.05, 0.1) is 11.1 Å². The molecular weight excluding hydrogens is 297 g/mol. The molecule has 0 spiro atoms. The Morgan fingerprint density at radius 1 is 1.41 bits per heavy atom. The van der Waals surface area contributed by atoms with Crippen LogP contribution in [0, 0.1) is 5.92 Å². The van der Waals surface area contributed by atoms with Gasteiger partial charge in [-0.1, -0.05) is 0 Å². The lowest BCUT2D eigenvalue weighted by Crippen LogP contribution is -2.25. The summed E-state index contributed by atoms with van der Waals surface area (Å²) in [6.45, 7) is -0.0261. The van der Waals surface area contributed by atoms with Crippen molar-refractivity contribution in [2.75, 3.05) is 6.61 Å². The third kappa shape index (κ3) is 2.25. The number of nitrogens with two attached hydrogens (primary N) is 1. The molecule has 0 radical (unpaired) electrons. The second-order valence-electron chi connectivity index (χ2n) is 5.62. The number of fused-ring (bicyclic) bond motifs is 3. The third-order valence-corrected chi connectivity index (χ3v) is 4.27. The molecule has 1 atom stereocenters. The summed E-state index contributed by atoms with van der Waals surface area (Å²) in [6, 6.07) is 2.60. The molecule has 1 aromatic carbocycles. The zero-order valence-electron chi connectivity index (χ0n) is 11.7. The largest absolute Gasteiger partial charge is 0.416 e. The Kier molecular flexibility index (Phi) is 3.40. The number of rotatable bonds is 1. The number of benzene rings is 1. The van der Waals surface area contributed by atoms with Gasteiger partial charge in [0.1, 0.15) is 0 Å². The minimum absolute atomic E-state index is 0.00558. The summed E-state index contributed by atoms with van der Waals surface area (Å²) in [7, 11) is 0. The van der Waals surface area contributed by atoms with E-state index in [1.807, 2.05) is 0 Å². The van der Waals surface area contributed by atoms with Crippen molar-refractivity contribution in [2.24, 2.45) is 11.7 Å². The summed E-state index contributed by atoms with van der Waals surface area (Å²) < 4.78 is 40.0. The molecule has 118 valence electrons. The van der Waals surface area contributed by atoms with E-state index < -0.39 is 17.8 Å². The van der Waals surface area contributed by atoms with Crippen LogP contribution < -0.4 is 5.73 Å². The molecule has 22 heavy (non-hydrogen) atoms. The van der Waals surface area contributed by atoms with E-state index in [1.54, 1.807) is 0 Å². The van der Waals surface area contributed by atoms with Crippen molar-refractivity contribution < 1.29 is 23.1 Å². The maximum absolute atomic E-state index is 12.9. The van der Waals surface area contributed by atoms with Crippen LogP contribution in [0.5, 0.6) is 0 Å². The molecule has 3 N–H and O–H groups in total. The van der Waals surface area contributed by atoms with Gasteiger partial charge < -0.3 is 10.8 Å². The highest BCUT2D eigenvalue weighted by atomic mass is 19.4. The van der Waals surface area contributed by atoms with Crippen molar-refractivity contribution in [3.63, 3.8) is 0 Å². The molecule has 0 bridgehead atoms. The molecule has 0 saturated heterocycles. The van der Waals surface area contributed by atoms with Gasteiger partial charge in [0, 0.05) is 17.7 Å². The maximum atomic E-state index is 12.9. The van der Waals surface area contributed by atoms with Crippen LogP contribution >= 0.6 is 0 Å². The van der Waals surface area contributed by atoms with Crippen LogP contribution in [0.4, 0.5) is 18.0 Å². The summed E-state index contributed by atoms with van der Waals surface area (Å²) in [4.78, 5) is 11.7. The Morgan fingerprint density at radius 2 is 2.14 bits per heavy atom. The SMILES string of the molecule is NC(=O)n1c2c(c3cc(C(F)(F)F)ccc31)CC(CO)CC2. The highest BCUT2D eigenvalue weighted by molar-refractivity contribution is 5.95. The normalized spacial score (nSPS) is 18.5. The number of amides is 1. The first kappa shape index (κ1) is 14.9. The van der Waals surface area contributed by atoms with E-state index in [0.29, 0.717) is 41.4 Å². The van der Waals surface area contributed by atoms with Crippen molar-refractivity contribution >= 4 is 16.9 Å². The molecule has 4 nitrogen and oxygen atoms in total. The molecule has 1 aliphatic rings. The van der Waals surface area contributed by atoms with Crippen LogP contribution in [0.2, 0.25) is 0 Å². The smallest absolute Gasteiger partial charge is 0.396 e. The monoisotopic (exact) mass is 312 g/mol. The molecule has 0 aliphatic heterocycles. The highest BCUT2D eigenvalue weighted by Crippen LogP contribution is 2.37. The number of aliphatic hydroxyl groups excluding tert-OH is 1. The summed E-state index contributed by atoms with van der Waals surface area (Å²) >= 11 is 0. The van der Waals surface area contributed by atoms with Crippen LogP contribution in [-0.2, 0) is 19.0 Å². The Balaban J connectivity index is 2.27. The van der Waals surface area contributed by atoms with E-state index >= 15 is 0 Å². The minimum Gasteiger partial charge on any atom is -0.396 e. The average molecular weight is 312 g/mol. The van der Waals surface area contributed by atoms with Gasteiger partial charge in [0.25, 0.3) is 0 Å². The molecule has 1 amide bonds. The van der Waals surface area contributed by atoms with Crippen LogP contribution in [0.25, 0.3) is 10.9 Å². The molecule has 1 unspecified atom stereocenters. The number of aromatic nitrogens is 1. The fraction of sp³-hybridized carbons (Fsp3) is 0.400. The van der Waals surface area contributed by atoms with Gasteiger partial charge >= 0.3 is 12.2 Å². The Bertz CT molecular complexity index is 749. The number of aliphatic hydroxyl groups is 1. The van der Waals surface area contributed by atoms with E-state index in [1.165, 1.54) is 10.6 Å². The van der Waals surface area contributed by atoms with Gasteiger partial charge in [-0.15, -0.1) is 0 Å². The van der Waals surface area contributed by atoms with E-state index in [4.69, 9.17) is 5.73 Å². The number of hydrogen-bond donors (Lipinski definition) is 2. The number of carbonyl (C=O) groups excluding carboxylic acids is 1. The van der Waals surface area contributed by atoms with E-state index in [0.717, 1.165) is 12.1 Å². The van der Waals surface area contributed by atoms with E-state index in [2.05, 4.69) is 0 Å². The predicted octanol–water partition coefficient (Wildman–Crippen LogP) is 2.68. The number of primary amides is 1. The van der Waals surface area contributed by atoms with Crippen molar-refractivity contribution in [3.05, 3.63) is 35.0 Å². The summed E-state index contributed by atoms with van der Waals surface area (Å²) in [5, 5.41) is 9.70. The Labute approximate surface area is 124 Å². The molecule has 1 aliphatic carbocycles. The van der Waals surface area contributed by atoms with Crippen LogP contribution in [-0.4, -0.2) is 22.3 Å². The van der Waals surface area contributed by atoms with Crippen LogP contribution in [0.3, 0.4) is 0 Å². The molecule has 1 aromatic heterocycles. The van der Waals surface area contributed by atoms with E-state index in [9.17, 15) is 23.1 Å². The molecule has 0 saturated carbocycles. The maximum Gasteiger partial charge on any atom is 0.416 e. The minimum atomic E-state index is -4.44. The van der Waals surface area contributed by atoms with Crippen molar-refractivity contribution in [1.82, 2.24) is 4.57 Å². The summed E-state index contributed by atoms with van der Waals surface area (Å²) in [5.41, 5.74) is 6.37. The van der Waals surface area contributed by atoms with Gasteiger partial charge in [-0.25, -0.2) is 4.79 Å². The van der Waals surface area contributed by atoms with Crippen LogP contribution in [0.1, 0.15) is 23.2 Å². The van der Waals surface area contributed by atoms with Gasteiger partial charge in [-0.3, -0.25) is 4.57 Å². The van der Waals surface area contributed by atoms with Crippen molar-refractivity contribution in [1.29, 1.82) is 0 Å². The van der Waals surface area contributed by atoms with Crippen molar-refractivity contribution in [2.45, 2.75) is 25.4 Å². The molecule has 3 rings (SSSR count). The van der Waals surface area contributed by atoms with E-state index in [-0.39, 0.29) is 12.5 Å². The lowest BCUT2D eigenvalue weighted by molar-refractivity contribution is -0.137. The fourth-order valence-corrected chi connectivity index (χ4v) is 3.21. The lowest BCUT2D eigenvalue weighted by atomic mass is 9.86.